The molecule has 1 atom stereocenters. The maximum atomic E-state index is 14.0. The Morgan fingerprint density at radius 1 is 0.667 bits per heavy atom. The van der Waals surface area contributed by atoms with Crippen LogP contribution in [0.4, 0.5) is 8.78 Å². The van der Waals surface area contributed by atoms with E-state index in [1.54, 1.807) is 34.8 Å². The topological polar surface area (TPSA) is 0 Å². The Labute approximate surface area is 230 Å². The van der Waals surface area contributed by atoms with E-state index < -0.39 is 0 Å². The van der Waals surface area contributed by atoms with E-state index in [9.17, 15) is 8.78 Å². The Hall–Kier alpha value is -0.740. The number of rotatable bonds is 13. The molecule has 0 aliphatic heterocycles. The van der Waals surface area contributed by atoms with E-state index >= 15 is 0 Å². The van der Waals surface area contributed by atoms with Gasteiger partial charge in [0, 0.05) is 19.5 Å². The maximum absolute atomic E-state index is 14.0. The van der Waals surface area contributed by atoms with E-state index in [1.165, 1.54) is 61.1 Å². The number of halogens is 2. The van der Waals surface area contributed by atoms with Crippen LogP contribution in [0.2, 0.25) is 0 Å². The molecule has 0 saturated heterocycles. The Balaban J connectivity index is 0.000000360. The Bertz CT molecular complexity index is 849. The Morgan fingerprint density at radius 3 is 1.61 bits per heavy atom. The predicted molar refractivity (Wildman–Crippen MR) is 160 cm³/mol. The maximum Gasteiger partial charge on any atom is 0.137 e. The molecule has 0 bridgehead atoms. The number of hydrogen-bond donors (Lipinski definition) is 0. The number of unbranched alkanes of at least 4 members (excludes halogenated alkanes) is 6. The fraction of sp³-hybridized carbons (Fsp3) is 0.750. The van der Waals surface area contributed by atoms with E-state index in [4.69, 9.17) is 0 Å². The van der Waals surface area contributed by atoms with Crippen molar-refractivity contribution in [2.24, 2.45) is 5.92 Å². The minimum Gasteiger partial charge on any atom is -0.206 e. The number of aryl methyl sites for hydroxylation is 1. The lowest BCUT2D eigenvalue weighted by atomic mass is 9.94. The highest BCUT2D eigenvalue weighted by Crippen LogP contribution is 2.34. The zero-order valence-corrected chi connectivity index (χ0v) is 26.4. The van der Waals surface area contributed by atoms with Gasteiger partial charge in [-0.1, -0.05) is 120 Å². The van der Waals surface area contributed by atoms with Gasteiger partial charge in [0.2, 0.25) is 0 Å². The third-order valence-electron chi connectivity index (χ3n) is 6.77. The molecule has 2 heterocycles. The van der Waals surface area contributed by atoms with E-state index in [0.717, 1.165) is 35.4 Å². The fourth-order valence-electron chi connectivity index (χ4n) is 4.13. The first kappa shape index (κ1) is 33.3. The summed E-state index contributed by atoms with van der Waals surface area (Å²) in [6, 6.07) is 3.48. The van der Waals surface area contributed by atoms with Crippen molar-refractivity contribution >= 4 is 22.7 Å². The van der Waals surface area contributed by atoms with Crippen LogP contribution in [0.3, 0.4) is 0 Å². The third-order valence-corrected chi connectivity index (χ3v) is 9.92. The molecule has 0 radical (unpaired) electrons. The summed E-state index contributed by atoms with van der Waals surface area (Å²) >= 11 is 3.33. The van der Waals surface area contributed by atoms with Gasteiger partial charge >= 0.3 is 0 Å². The highest BCUT2D eigenvalue weighted by atomic mass is 32.1. The van der Waals surface area contributed by atoms with E-state index in [1.807, 2.05) is 0 Å². The van der Waals surface area contributed by atoms with Gasteiger partial charge in [0.1, 0.15) is 11.6 Å². The van der Waals surface area contributed by atoms with Crippen molar-refractivity contribution in [1.29, 1.82) is 0 Å². The van der Waals surface area contributed by atoms with Crippen LogP contribution in [0.25, 0.3) is 0 Å². The predicted octanol–water partition coefficient (Wildman–Crippen LogP) is 12.0. The van der Waals surface area contributed by atoms with Crippen LogP contribution in [-0.4, -0.2) is 0 Å². The average molecular weight is 541 g/mol. The van der Waals surface area contributed by atoms with Gasteiger partial charge in [-0.3, -0.25) is 0 Å². The minimum atomic E-state index is 0.0125. The molecule has 0 fully saturated rings. The van der Waals surface area contributed by atoms with Crippen LogP contribution < -0.4 is 0 Å². The van der Waals surface area contributed by atoms with E-state index in [2.05, 4.69) is 62.3 Å². The molecule has 1 unspecified atom stereocenters. The van der Waals surface area contributed by atoms with Crippen LogP contribution in [0, 0.1) is 17.6 Å². The highest BCUT2D eigenvalue weighted by Gasteiger charge is 2.21. The molecule has 4 heteroatoms. The van der Waals surface area contributed by atoms with Crippen LogP contribution >= 0.6 is 22.7 Å². The van der Waals surface area contributed by atoms with Gasteiger partial charge in [-0.15, -0.1) is 22.7 Å². The Kier molecular flexibility index (Phi) is 15.0. The van der Waals surface area contributed by atoms with Crippen molar-refractivity contribution in [2.75, 3.05) is 0 Å². The molecule has 2 rings (SSSR count). The standard InChI is InChI=1S/2C16H27FS/c1-6-8-9-12(7-2)10-14-13(17)11-15(18-14)16(3,4)5;1-5-6-7-8-9-10-11-14-13(17)12-15(18-14)16(2,3)4/h11-12H,6-10H2,1-5H3;12H,5-11H2,1-4H3. The van der Waals surface area contributed by atoms with E-state index in [-0.39, 0.29) is 22.5 Å². The van der Waals surface area contributed by atoms with Gasteiger partial charge in [0.05, 0.1) is 0 Å². The number of hydrogen-bond acceptors (Lipinski definition) is 2. The molecule has 0 aliphatic carbocycles. The Morgan fingerprint density at radius 2 is 1.14 bits per heavy atom. The van der Waals surface area contributed by atoms with Gasteiger partial charge in [-0.05, 0) is 48.1 Å². The molecule has 36 heavy (non-hydrogen) atoms. The molecule has 0 saturated carbocycles. The summed E-state index contributed by atoms with van der Waals surface area (Å²) in [5.41, 5.74) is 0.139. The fourth-order valence-corrected chi connectivity index (χ4v) is 6.48. The van der Waals surface area contributed by atoms with E-state index in [0.29, 0.717) is 5.92 Å². The molecular weight excluding hydrogens is 486 g/mol. The minimum absolute atomic E-state index is 0.0125. The van der Waals surface area contributed by atoms with Crippen molar-refractivity contribution in [1.82, 2.24) is 0 Å². The lowest BCUT2D eigenvalue weighted by Gasteiger charge is -2.15. The second-order valence-electron chi connectivity index (χ2n) is 12.4. The second-order valence-corrected chi connectivity index (χ2v) is 14.7. The summed E-state index contributed by atoms with van der Waals surface area (Å²) in [4.78, 5) is 4.25. The summed E-state index contributed by atoms with van der Waals surface area (Å²) in [7, 11) is 0. The van der Waals surface area contributed by atoms with Crippen molar-refractivity contribution in [3.05, 3.63) is 43.3 Å². The van der Waals surface area contributed by atoms with Gasteiger partial charge in [-0.2, -0.15) is 0 Å². The largest absolute Gasteiger partial charge is 0.206 e. The van der Waals surface area contributed by atoms with Gasteiger partial charge < -0.3 is 0 Å². The molecule has 0 amide bonds. The van der Waals surface area contributed by atoms with Gasteiger partial charge in [-0.25, -0.2) is 8.78 Å². The summed E-state index contributed by atoms with van der Waals surface area (Å²) < 4.78 is 27.8. The van der Waals surface area contributed by atoms with Crippen LogP contribution in [0.5, 0.6) is 0 Å². The first-order valence-electron chi connectivity index (χ1n) is 14.4. The molecule has 0 spiro atoms. The quantitative estimate of drug-likeness (QED) is 0.222. The average Bonchev–Trinajstić information content (AvgIpc) is 3.36. The van der Waals surface area contributed by atoms with Crippen LogP contribution in [-0.2, 0) is 23.7 Å². The zero-order chi connectivity index (χ0) is 27.4. The molecule has 208 valence electrons. The van der Waals surface area contributed by atoms with Crippen LogP contribution in [0.1, 0.15) is 146 Å². The van der Waals surface area contributed by atoms with Crippen molar-refractivity contribution in [2.45, 2.75) is 150 Å². The van der Waals surface area contributed by atoms with Crippen molar-refractivity contribution < 1.29 is 8.78 Å². The first-order valence-corrected chi connectivity index (χ1v) is 16.0. The normalized spacial score (nSPS) is 13.0. The monoisotopic (exact) mass is 540 g/mol. The molecular formula is C32H54F2S2. The molecule has 0 N–H and O–H groups in total. The summed E-state index contributed by atoms with van der Waals surface area (Å²) in [6.45, 7) is 19.6. The van der Waals surface area contributed by atoms with Crippen molar-refractivity contribution in [3.63, 3.8) is 0 Å². The molecule has 2 aromatic rings. The lowest BCUT2D eigenvalue weighted by Crippen LogP contribution is -2.08. The summed E-state index contributed by atoms with van der Waals surface area (Å²) in [5, 5.41) is 0. The second kappa shape index (κ2) is 16.3. The third kappa shape index (κ3) is 12.2. The number of thiophene rings is 2. The molecule has 0 aromatic carbocycles. The van der Waals surface area contributed by atoms with Crippen molar-refractivity contribution in [3.8, 4) is 0 Å². The molecule has 0 nitrogen and oxygen atoms in total. The van der Waals surface area contributed by atoms with Gasteiger partial charge in [0.25, 0.3) is 0 Å². The van der Waals surface area contributed by atoms with Gasteiger partial charge in [0.15, 0.2) is 0 Å². The molecule has 0 aliphatic rings. The smallest absolute Gasteiger partial charge is 0.137 e. The summed E-state index contributed by atoms with van der Waals surface area (Å²) in [6.07, 6.45) is 14.3. The van der Waals surface area contributed by atoms with Crippen LogP contribution in [0.15, 0.2) is 12.1 Å². The lowest BCUT2D eigenvalue weighted by molar-refractivity contribution is 0.444. The summed E-state index contributed by atoms with van der Waals surface area (Å²) in [5.74, 6) is 0.671. The highest BCUT2D eigenvalue weighted by molar-refractivity contribution is 7.12. The SMILES string of the molecule is CCCCC(CC)Cc1sc(C(C)(C)C)cc1F.CCCCCCCCc1sc(C(C)(C)C)cc1F. The zero-order valence-electron chi connectivity index (χ0n) is 24.8. The first-order chi connectivity index (χ1) is 16.8. The molecule has 2 aromatic heterocycles.